The summed E-state index contributed by atoms with van der Waals surface area (Å²) in [5.74, 6) is 0.161. The Kier molecular flexibility index (Phi) is 3.49. The zero-order valence-corrected chi connectivity index (χ0v) is 12.0. The molecule has 0 unspecified atom stereocenters. The smallest absolute Gasteiger partial charge is 0.242 e. The second-order valence-corrected chi connectivity index (χ2v) is 5.56. The summed E-state index contributed by atoms with van der Waals surface area (Å²) in [6.07, 6.45) is 2.21. The Morgan fingerprint density at radius 1 is 1.20 bits per heavy atom. The minimum atomic E-state index is 0.115. The van der Waals surface area contributed by atoms with Crippen LogP contribution in [-0.4, -0.2) is 40.7 Å². The van der Waals surface area contributed by atoms with Crippen molar-refractivity contribution in [3.63, 3.8) is 0 Å². The first-order valence-corrected chi connectivity index (χ1v) is 7.10. The summed E-state index contributed by atoms with van der Waals surface area (Å²) in [4.78, 5) is 14.4. The monoisotopic (exact) mass is 272 g/mol. The van der Waals surface area contributed by atoms with E-state index in [2.05, 4.69) is 6.07 Å². The Labute approximate surface area is 118 Å². The molecule has 1 saturated heterocycles. The van der Waals surface area contributed by atoms with E-state index >= 15 is 0 Å². The number of aromatic nitrogens is 1. The molecule has 1 fully saturated rings. The summed E-state index contributed by atoms with van der Waals surface area (Å²) in [5.41, 5.74) is 1.11. The van der Waals surface area contributed by atoms with Gasteiger partial charge in [-0.25, -0.2) is 0 Å². The van der Waals surface area contributed by atoms with E-state index in [1.807, 2.05) is 53.8 Å². The largest absolute Gasteiger partial charge is 0.372 e. The van der Waals surface area contributed by atoms with Gasteiger partial charge in [0.1, 0.15) is 6.54 Å². The maximum atomic E-state index is 12.4. The first-order valence-electron chi connectivity index (χ1n) is 7.10. The molecule has 1 aromatic heterocycles. The summed E-state index contributed by atoms with van der Waals surface area (Å²) < 4.78 is 7.69. The number of morpholine rings is 1. The molecule has 0 saturated carbocycles. The number of carbonyl (C=O) groups excluding carboxylic acids is 1. The van der Waals surface area contributed by atoms with Crippen molar-refractivity contribution < 1.29 is 9.53 Å². The number of ether oxygens (including phenoxy) is 1. The van der Waals surface area contributed by atoms with Crippen LogP contribution < -0.4 is 0 Å². The number of para-hydroxylation sites is 1. The number of hydrogen-bond acceptors (Lipinski definition) is 2. The molecule has 0 N–H and O–H groups in total. The lowest BCUT2D eigenvalue weighted by molar-refractivity contribution is -0.143. The van der Waals surface area contributed by atoms with Crippen molar-refractivity contribution in [1.82, 2.24) is 9.47 Å². The van der Waals surface area contributed by atoms with Crippen LogP contribution in [0.25, 0.3) is 10.9 Å². The van der Waals surface area contributed by atoms with Crippen LogP contribution in [0.1, 0.15) is 13.8 Å². The van der Waals surface area contributed by atoms with Crippen LogP contribution in [0.2, 0.25) is 0 Å². The fourth-order valence-electron chi connectivity index (χ4n) is 2.91. The van der Waals surface area contributed by atoms with Crippen LogP contribution in [0, 0.1) is 0 Å². The number of nitrogens with zero attached hydrogens (tertiary/aromatic N) is 2. The van der Waals surface area contributed by atoms with E-state index in [4.69, 9.17) is 4.74 Å². The van der Waals surface area contributed by atoms with Crippen molar-refractivity contribution in [2.24, 2.45) is 0 Å². The minimum absolute atomic E-state index is 0.115. The van der Waals surface area contributed by atoms with E-state index in [0.717, 1.165) is 5.52 Å². The normalized spacial score (nSPS) is 23.2. The van der Waals surface area contributed by atoms with E-state index in [1.54, 1.807) is 0 Å². The molecule has 20 heavy (non-hydrogen) atoms. The summed E-state index contributed by atoms with van der Waals surface area (Å²) in [6.45, 7) is 5.79. The average molecular weight is 272 g/mol. The summed E-state index contributed by atoms with van der Waals surface area (Å²) in [5, 5.41) is 1.17. The van der Waals surface area contributed by atoms with Crippen LogP contribution in [0.5, 0.6) is 0 Å². The van der Waals surface area contributed by atoms with Gasteiger partial charge in [0.05, 0.1) is 12.2 Å². The molecule has 2 heterocycles. The lowest BCUT2D eigenvalue weighted by Crippen LogP contribution is -2.49. The molecule has 1 aliphatic heterocycles. The zero-order chi connectivity index (χ0) is 14.1. The Hall–Kier alpha value is -1.81. The van der Waals surface area contributed by atoms with Gasteiger partial charge >= 0.3 is 0 Å². The quantitative estimate of drug-likeness (QED) is 0.840. The van der Waals surface area contributed by atoms with Gasteiger partial charge < -0.3 is 14.2 Å². The molecule has 4 heteroatoms. The average Bonchev–Trinajstić information content (AvgIpc) is 2.81. The van der Waals surface area contributed by atoms with E-state index in [9.17, 15) is 4.79 Å². The van der Waals surface area contributed by atoms with Crippen molar-refractivity contribution in [3.8, 4) is 0 Å². The Balaban J connectivity index is 1.75. The van der Waals surface area contributed by atoms with Crippen LogP contribution in [-0.2, 0) is 16.1 Å². The van der Waals surface area contributed by atoms with Crippen molar-refractivity contribution in [2.75, 3.05) is 13.1 Å². The van der Waals surface area contributed by atoms with E-state index < -0.39 is 0 Å². The van der Waals surface area contributed by atoms with Crippen molar-refractivity contribution in [1.29, 1.82) is 0 Å². The fourth-order valence-corrected chi connectivity index (χ4v) is 2.91. The molecular formula is C16H20N2O2. The molecule has 1 aliphatic rings. The first kappa shape index (κ1) is 13.2. The third kappa shape index (κ3) is 2.56. The van der Waals surface area contributed by atoms with Gasteiger partial charge in [-0.05, 0) is 31.4 Å². The fraction of sp³-hybridized carbons (Fsp3) is 0.438. The highest BCUT2D eigenvalue weighted by Crippen LogP contribution is 2.16. The number of rotatable bonds is 2. The van der Waals surface area contributed by atoms with Gasteiger partial charge in [-0.3, -0.25) is 4.79 Å². The molecular weight excluding hydrogens is 252 g/mol. The highest BCUT2D eigenvalue weighted by atomic mass is 16.5. The van der Waals surface area contributed by atoms with E-state index in [0.29, 0.717) is 19.6 Å². The van der Waals surface area contributed by atoms with Gasteiger partial charge in [-0.15, -0.1) is 0 Å². The molecule has 1 amide bonds. The maximum absolute atomic E-state index is 12.4. The summed E-state index contributed by atoms with van der Waals surface area (Å²) in [7, 11) is 0. The predicted molar refractivity (Wildman–Crippen MR) is 78.5 cm³/mol. The SMILES string of the molecule is C[C@H]1CN(C(=O)Cn2ccc3ccccc32)C[C@H](C)O1. The highest BCUT2D eigenvalue weighted by Gasteiger charge is 2.25. The Morgan fingerprint density at radius 2 is 1.90 bits per heavy atom. The van der Waals surface area contributed by atoms with Crippen LogP contribution in [0.15, 0.2) is 36.5 Å². The number of carbonyl (C=O) groups is 1. The molecule has 0 aliphatic carbocycles. The molecule has 0 radical (unpaired) electrons. The summed E-state index contributed by atoms with van der Waals surface area (Å²) >= 11 is 0. The standard InChI is InChI=1S/C16H20N2O2/c1-12-9-18(10-13(2)20-12)16(19)11-17-8-7-14-5-3-4-6-15(14)17/h3-8,12-13H,9-11H2,1-2H3/t12-,13-/m0/s1. The third-order valence-corrected chi connectivity index (χ3v) is 3.76. The second-order valence-electron chi connectivity index (χ2n) is 5.56. The van der Waals surface area contributed by atoms with Gasteiger partial charge in [0.15, 0.2) is 0 Å². The highest BCUT2D eigenvalue weighted by molar-refractivity contribution is 5.83. The predicted octanol–water partition coefficient (Wildman–Crippen LogP) is 2.28. The van der Waals surface area contributed by atoms with Crippen LogP contribution in [0.4, 0.5) is 0 Å². The van der Waals surface area contributed by atoms with Crippen molar-refractivity contribution >= 4 is 16.8 Å². The lowest BCUT2D eigenvalue weighted by atomic mass is 10.2. The van der Waals surface area contributed by atoms with E-state index in [-0.39, 0.29) is 18.1 Å². The maximum Gasteiger partial charge on any atom is 0.242 e. The lowest BCUT2D eigenvalue weighted by Gasteiger charge is -2.35. The number of hydrogen-bond donors (Lipinski definition) is 0. The molecule has 1 aromatic carbocycles. The van der Waals surface area contributed by atoms with Crippen molar-refractivity contribution in [2.45, 2.75) is 32.6 Å². The van der Waals surface area contributed by atoms with Gasteiger partial charge in [0.2, 0.25) is 5.91 Å². The zero-order valence-electron chi connectivity index (χ0n) is 12.0. The number of amides is 1. The molecule has 0 spiro atoms. The van der Waals surface area contributed by atoms with Crippen LogP contribution in [0.3, 0.4) is 0 Å². The first-order chi connectivity index (χ1) is 9.63. The van der Waals surface area contributed by atoms with Gasteiger partial charge in [0, 0.05) is 24.8 Å². The van der Waals surface area contributed by atoms with Gasteiger partial charge in [-0.2, -0.15) is 0 Å². The molecule has 2 atom stereocenters. The Bertz CT molecular complexity index is 610. The second kappa shape index (κ2) is 5.29. The van der Waals surface area contributed by atoms with Crippen molar-refractivity contribution in [3.05, 3.63) is 36.5 Å². The van der Waals surface area contributed by atoms with E-state index in [1.165, 1.54) is 5.39 Å². The molecule has 3 rings (SSSR count). The minimum Gasteiger partial charge on any atom is -0.372 e. The molecule has 2 aromatic rings. The Morgan fingerprint density at radius 3 is 2.65 bits per heavy atom. The molecule has 0 bridgehead atoms. The molecule has 106 valence electrons. The molecule has 4 nitrogen and oxygen atoms in total. The van der Waals surface area contributed by atoms with Gasteiger partial charge in [0.25, 0.3) is 0 Å². The summed E-state index contributed by atoms with van der Waals surface area (Å²) in [6, 6.07) is 10.2. The number of benzene rings is 1. The van der Waals surface area contributed by atoms with Gasteiger partial charge in [-0.1, -0.05) is 18.2 Å². The van der Waals surface area contributed by atoms with Crippen LogP contribution >= 0.6 is 0 Å². The third-order valence-electron chi connectivity index (χ3n) is 3.76. The number of fused-ring (bicyclic) bond motifs is 1. The topological polar surface area (TPSA) is 34.5 Å².